The van der Waals surface area contributed by atoms with Crippen LogP contribution in [0.4, 0.5) is 0 Å². The number of hydrazone groups is 1. The summed E-state index contributed by atoms with van der Waals surface area (Å²) >= 11 is 0. The lowest BCUT2D eigenvalue weighted by Crippen LogP contribution is -2.61. The van der Waals surface area contributed by atoms with E-state index in [0.29, 0.717) is 5.84 Å². The van der Waals surface area contributed by atoms with Gasteiger partial charge in [-0.1, -0.05) is 0 Å². The second-order valence-electron chi connectivity index (χ2n) is 2.27. The first kappa shape index (κ1) is 9.55. The average molecular weight is 205 g/mol. The third-order valence-electron chi connectivity index (χ3n) is 1.38. The van der Waals surface area contributed by atoms with Crippen LogP contribution in [0.1, 0.15) is 0 Å². The van der Waals surface area contributed by atoms with Gasteiger partial charge in [0.05, 0.1) is 0 Å². The van der Waals surface area contributed by atoms with Gasteiger partial charge in [0.1, 0.15) is 0 Å². The van der Waals surface area contributed by atoms with E-state index in [-0.39, 0.29) is 30.5 Å². The zero-order valence-corrected chi connectivity index (χ0v) is 7.30. The number of hydrazine groups is 1. The number of fused-ring (bicyclic) bond motifs is 1. The average Bonchev–Trinajstić information content (AvgIpc) is 2.03. The summed E-state index contributed by atoms with van der Waals surface area (Å²) in [5.74, 6) is 0.863. The lowest BCUT2D eigenvalue weighted by Gasteiger charge is -2.25. The van der Waals surface area contributed by atoms with Gasteiger partial charge in [0, 0.05) is 0 Å². The molecule has 2 heterocycles. The summed E-state index contributed by atoms with van der Waals surface area (Å²) < 4.78 is 0. The molecule has 72 valence electrons. The van der Waals surface area contributed by atoms with Crippen LogP contribution in [0.3, 0.4) is 0 Å². The highest BCUT2D eigenvalue weighted by molar-refractivity contribution is 6.05. The van der Waals surface area contributed by atoms with Crippen LogP contribution < -0.4 is 27.7 Å². The number of amidine groups is 1. The fourth-order valence-corrected chi connectivity index (χ4v) is 0.879. The van der Waals surface area contributed by atoms with Crippen LogP contribution in [0.2, 0.25) is 0 Å². The SMILES string of the molecule is Cl.NC1=NNC2NNC(N)=NC2=N1. The first-order chi connectivity index (χ1) is 5.75. The Hall–Kier alpha value is -1.54. The smallest absolute Gasteiger partial charge is 0.239 e. The quantitative estimate of drug-likeness (QED) is 0.296. The molecule has 0 aliphatic carbocycles. The summed E-state index contributed by atoms with van der Waals surface area (Å²) in [7, 11) is 0. The van der Waals surface area contributed by atoms with Gasteiger partial charge in [0.25, 0.3) is 0 Å². The number of hydrogen-bond donors (Lipinski definition) is 5. The van der Waals surface area contributed by atoms with Crippen molar-refractivity contribution in [3.8, 4) is 0 Å². The minimum atomic E-state index is -0.274. The molecule has 0 radical (unpaired) electrons. The molecule has 0 aromatic rings. The first-order valence-electron chi connectivity index (χ1n) is 3.29. The Labute approximate surface area is 79.9 Å². The van der Waals surface area contributed by atoms with Gasteiger partial charge in [-0.25, -0.2) is 5.43 Å². The molecule has 1 unspecified atom stereocenters. The van der Waals surface area contributed by atoms with E-state index < -0.39 is 0 Å². The maximum atomic E-state index is 5.37. The van der Waals surface area contributed by atoms with E-state index in [0.717, 1.165) is 0 Å². The number of hydrogen-bond acceptors (Lipinski definition) is 8. The summed E-state index contributed by atoms with van der Waals surface area (Å²) in [6.45, 7) is 0. The fourth-order valence-electron chi connectivity index (χ4n) is 0.879. The number of guanidine groups is 2. The molecule has 7 N–H and O–H groups in total. The fraction of sp³-hybridized carbons (Fsp3) is 0.250. The Kier molecular flexibility index (Phi) is 2.54. The number of aliphatic imine (C=N–C) groups is 2. The Morgan fingerprint density at radius 1 is 1.23 bits per heavy atom. The highest BCUT2D eigenvalue weighted by Crippen LogP contribution is 1.96. The molecule has 0 spiro atoms. The number of rotatable bonds is 0. The molecule has 9 heteroatoms. The molecular weight excluding hydrogens is 196 g/mol. The predicted molar refractivity (Wildman–Crippen MR) is 51.1 cm³/mol. The summed E-state index contributed by atoms with van der Waals surface area (Å²) in [5, 5.41) is 3.68. The van der Waals surface area contributed by atoms with E-state index in [2.05, 4.69) is 31.4 Å². The zero-order valence-electron chi connectivity index (χ0n) is 6.48. The third-order valence-corrected chi connectivity index (χ3v) is 1.38. The topological polar surface area (TPSA) is 125 Å². The van der Waals surface area contributed by atoms with Crippen LogP contribution in [0, 0.1) is 0 Å². The molecule has 0 saturated carbocycles. The zero-order chi connectivity index (χ0) is 8.55. The summed E-state index contributed by atoms with van der Waals surface area (Å²) in [4.78, 5) is 7.77. The molecule has 2 aliphatic heterocycles. The minimum Gasteiger partial charge on any atom is -0.369 e. The van der Waals surface area contributed by atoms with E-state index in [4.69, 9.17) is 11.5 Å². The summed E-state index contributed by atoms with van der Waals surface area (Å²) in [6, 6.07) is 0. The molecular formula is C4H9ClN8. The number of halogens is 1. The number of nitrogens with zero attached hydrogens (tertiary/aromatic N) is 3. The van der Waals surface area contributed by atoms with Crippen LogP contribution in [0.15, 0.2) is 15.1 Å². The number of nitrogens with one attached hydrogen (secondary N) is 3. The second-order valence-corrected chi connectivity index (χ2v) is 2.27. The van der Waals surface area contributed by atoms with Crippen molar-refractivity contribution in [2.24, 2.45) is 26.6 Å². The molecule has 1 atom stereocenters. The van der Waals surface area contributed by atoms with Gasteiger partial charge in [0.15, 0.2) is 12.0 Å². The molecule has 2 rings (SSSR count). The largest absolute Gasteiger partial charge is 0.369 e. The third kappa shape index (κ3) is 1.79. The predicted octanol–water partition coefficient (Wildman–Crippen LogP) is -2.61. The van der Waals surface area contributed by atoms with E-state index in [1.807, 2.05) is 0 Å². The van der Waals surface area contributed by atoms with Gasteiger partial charge >= 0.3 is 0 Å². The Morgan fingerprint density at radius 3 is 2.77 bits per heavy atom. The van der Waals surface area contributed by atoms with Gasteiger partial charge in [-0.2, -0.15) is 9.98 Å². The van der Waals surface area contributed by atoms with Crippen LogP contribution in [-0.2, 0) is 0 Å². The molecule has 0 amide bonds. The minimum absolute atomic E-state index is 0. The standard InChI is InChI=1S/C4H8N8.ClH/c5-3-7-1-2(9-11-3)10-12-4(6)8-1;/h2,9-10H,(H5,5,6,7,8,11,12);1H. The Balaban J connectivity index is 0.000000845. The van der Waals surface area contributed by atoms with Crippen molar-refractivity contribution in [1.82, 2.24) is 16.3 Å². The molecule has 0 aromatic heterocycles. The molecule has 0 bridgehead atoms. The maximum absolute atomic E-state index is 5.37. The van der Waals surface area contributed by atoms with Crippen molar-refractivity contribution in [1.29, 1.82) is 0 Å². The van der Waals surface area contributed by atoms with Gasteiger partial charge in [-0.05, 0) is 0 Å². The normalized spacial score (nSPS) is 24.9. The van der Waals surface area contributed by atoms with Gasteiger partial charge < -0.3 is 11.5 Å². The van der Waals surface area contributed by atoms with Crippen molar-refractivity contribution in [3.05, 3.63) is 0 Å². The van der Waals surface area contributed by atoms with Gasteiger partial charge in [-0.3, -0.25) is 10.9 Å². The highest BCUT2D eigenvalue weighted by Gasteiger charge is 2.22. The van der Waals surface area contributed by atoms with E-state index in [1.165, 1.54) is 0 Å². The van der Waals surface area contributed by atoms with E-state index in [1.54, 1.807) is 0 Å². The second kappa shape index (κ2) is 3.46. The molecule has 8 nitrogen and oxygen atoms in total. The van der Waals surface area contributed by atoms with E-state index in [9.17, 15) is 0 Å². The molecule has 0 fully saturated rings. The maximum Gasteiger partial charge on any atom is 0.239 e. The van der Waals surface area contributed by atoms with Crippen molar-refractivity contribution in [2.45, 2.75) is 6.17 Å². The lowest BCUT2D eigenvalue weighted by molar-refractivity contribution is 0.488. The molecule has 0 saturated heterocycles. The summed E-state index contributed by atoms with van der Waals surface area (Å²) in [5.41, 5.74) is 18.8. The van der Waals surface area contributed by atoms with Crippen molar-refractivity contribution < 1.29 is 0 Å². The highest BCUT2D eigenvalue weighted by atomic mass is 35.5. The number of nitrogens with two attached hydrogens (primary N) is 2. The molecule has 2 aliphatic rings. The van der Waals surface area contributed by atoms with Gasteiger partial charge in [0.2, 0.25) is 11.9 Å². The van der Waals surface area contributed by atoms with Crippen molar-refractivity contribution >= 4 is 30.2 Å². The summed E-state index contributed by atoms with van der Waals surface area (Å²) in [6.07, 6.45) is -0.274. The van der Waals surface area contributed by atoms with Crippen LogP contribution in [-0.4, -0.2) is 23.9 Å². The van der Waals surface area contributed by atoms with Crippen LogP contribution in [0.25, 0.3) is 0 Å². The molecule has 0 aromatic carbocycles. The van der Waals surface area contributed by atoms with Gasteiger partial charge in [-0.15, -0.1) is 17.5 Å². The lowest BCUT2D eigenvalue weighted by atomic mass is 10.4. The van der Waals surface area contributed by atoms with Crippen LogP contribution in [0.5, 0.6) is 0 Å². The monoisotopic (exact) mass is 204 g/mol. The Bertz CT molecular complexity index is 293. The Morgan fingerprint density at radius 2 is 2.00 bits per heavy atom. The first-order valence-corrected chi connectivity index (χ1v) is 3.29. The van der Waals surface area contributed by atoms with Crippen LogP contribution >= 0.6 is 12.4 Å². The van der Waals surface area contributed by atoms with Crippen molar-refractivity contribution in [3.63, 3.8) is 0 Å². The van der Waals surface area contributed by atoms with Crippen molar-refractivity contribution in [2.75, 3.05) is 0 Å². The van der Waals surface area contributed by atoms with E-state index >= 15 is 0 Å². The molecule has 13 heavy (non-hydrogen) atoms.